The first-order valence-corrected chi connectivity index (χ1v) is 6.68. The molecule has 0 radical (unpaired) electrons. The molecule has 2 heteroatoms. The van der Waals surface area contributed by atoms with E-state index in [1.807, 2.05) is 6.92 Å². The third kappa shape index (κ3) is 1.83. The summed E-state index contributed by atoms with van der Waals surface area (Å²) in [5, 5.41) is 11.9. The second-order valence-electron chi connectivity index (χ2n) is 6.57. The highest BCUT2D eigenvalue weighted by molar-refractivity contribution is 5.01. The van der Waals surface area contributed by atoms with Crippen LogP contribution in [0.3, 0.4) is 0 Å². The molecule has 86 valence electrons. The van der Waals surface area contributed by atoms with Crippen LogP contribution >= 0.6 is 0 Å². The van der Waals surface area contributed by atoms with Gasteiger partial charge in [0.05, 0.1) is 11.6 Å². The zero-order chi connectivity index (χ0) is 10.5. The lowest BCUT2D eigenvalue weighted by Gasteiger charge is -2.54. The van der Waals surface area contributed by atoms with Crippen LogP contribution in [0.2, 0.25) is 0 Å². The zero-order valence-corrected chi connectivity index (χ0v) is 9.78. The molecule has 0 aromatic rings. The second kappa shape index (κ2) is 3.46. The van der Waals surface area contributed by atoms with Gasteiger partial charge in [-0.05, 0) is 43.9 Å². The number of hydrogen-bond donors (Lipinski definition) is 2. The Balaban J connectivity index is 1.70. The number of quaternary nitrogens is 1. The Morgan fingerprint density at radius 3 is 2.00 bits per heavy atom. The Labute approximate surface area is 92.4 Å². The maximum atomic E-state index is 9.42. The summed E-state index contributed by atoms with van der Waals surface area (Å²) in [5.74, 6) is 3.09. The van der Waals surface area contributed by atoms with E-state index >= 15 is 0 Å². The number of rotatable bonds is 3. The molecule has 0 unspecified atom stereocenters. The molecule has 0 heterocycles. The van der Waals surface area contributed by atoms with E-state index in [-0.39, 0.29) is 6.10 Å². The lowest BCUT2D eigenvalue weighted by Crippen LogP contribution is -3.00. The third-order valence-electron chi connectivity index (χ3n) is 4.98. The van der Waals surface area contributed by atoms with Crippen molar-refractivity contribution in [3.63, 3.8) is 0 Å². The fourth-order valence-electron chi connectivity index (χ4n) is 4.85. The summed E-state index contributed by atoms with van der Waals surface area (Å²) in [4.78, 5) is 0. The third-order valence-corrected chi connectivity index (χ3v) is 4.98. The fourth-order valence-corrected chi connectivity index (χ4v) is 4.85. The van der Waals surface area contributed by atoms with Gasteiger partial charge in [0.15, 0.2) is 0 Å². The molecule has 4 aliphatic rings. The van der Waals surface area contributed by atoms with Gasteiger partial charge in [0.1, 0.15) is 6.54 Å². The molecule has 0 spiro atoms. The molecular weight excluding hydrogens is 186 g/mol. The van der Waals surface area contributed by atoms with Crippen LogP contribution in [0.4, 0.5) is 0 Å². The van der Waals surface area contributed by atoms with Crippen molar-refractivity contribution in [2.75, 3.05) is 6.54 Å². The second-order valence-corrected chi connectivity index (χ2v) is 6.57. The van der Waals surface area contributed by atoms with Crippen LogP contribution in [0.5, 0.6) is 0 Å². The monoisotopic (exact) mass is 210 g/mol. The van der Waals surface area contributed by atoms with Gasteiger partial charge in [-0.15, -0.1) is 0 Å². The van der Waals surface area contributed by atoms with E-state index in [1.165, 1.54) is 38.5 Å². The van der Waals surface area contributed by atoms with Gasteiger partial charge in [-0.2, -0.15) is 0 Å². The van der Waals surface area contributed by atoms with Crippen LogP contribution in [0, 0.1) is 17.8 Å². The van der Waals surface area contributed by atoms with Gasteiger partial charge in [0.25, 0.3) is 0 Å². The maximum absolute atomic E-state index is 9.42. The first-order valence-electron chi connectivity index (χ1n) is 6.68. The van der Waals surface area contributed by atoms with E-state index in [1.54, 1.807) is 0 Å². The average Bonchev–Trinajstić information content (AvgIpc) is 2.12. The van der Waals surface area contributed by atoms with Crippen LogP contribution in [0.15, 0.2) is 0 Å². The van der Waals surface area contributed by atoms with Gasteiger partial charge in [0, 0.05) is 19.3 Å². The summed E-state index contributed by atoms with van der Waals surface area (Å²) in [5.41, 5.74) is 0.547. The van der Waals surface area contributed by atoms with Gasteiger partial charge in [-0.1, -0.05) is 0 Å². The van der Waals surface area contributed by atoms with Crippen molar-refractivity contribution in [3.8, 4) is 0 Å². The van der Waals surface area contributed by atoms with Gasteiger partial charge < -0.3 is 10.4 Å². The lowest BCUT2D eigenvalue weighted by molar-refractivity contribution is -0.743. The quantitative estimate of drug-likeness (QED) is 0.713. The van der Waals surface area contributed by atoms with Gasteiger partial charge in [-0.3, -0.25) is 0 Å². The van der Waals surface area contributed by atoms with Crippen LogP contribution < -0.4 is 5.32 Å². The Kier molecular flexibility index (Phi) is 2.33. The van der Waals surface area contributed by atoms with Crippen molar-refractivity contribution >= 4 is 0 Å². The summed E-state index contributed by atoms with van der Waals surface area (Å²) < 4.78 is 0. The van der Waals surface area contributed by atoms with Crippen molar-refractivity contribution in [1.82, 2.24) is 0 Å². The fraction of sp³-hybridized carbons (Fsp3) is 1.00. The predicted octanol–water partition coefficient (Wildman–Crippen LogP) is 0.899. The van der Waals surface area contributed by atoms with Crippen LogP contribution in [-0.4, -0.2) is 23.3 Å². The van der Waals surface area contributed by atoms with Crippen molar-refractivity contribution in [1.29, 1.82) is 0 Å². The molecule has 0 aromatic heterocycles. The van der Waals surface area contributed by atoms with Crippen molar-refractivity contribution in [2.24, 2.45) is 17.8 Å². The van der Waals surface area contributed by atoms with Crippen LogP contribution in [0.1, 0.15) is 45.4 Å². The van der Waals surface area contributed by atoms with E-state index in [2.05, 4.69) is 5.32 Å². The summed E-state index contributed by atoms with van der Waals surface area (Å²) in [6.07, 6.45) is 8.71. The largest absolute Gasteiger partial charge is 0.388 e. The highest BCUT2D eigenvalue weighted by atomic mass is 16.3. The average molecular weight is 210 g/mol. The van der Waals surface area contributed by atoms with E-state index in [9.17, 15) is 5.11 Å². The maximum Gasteiger partial charge on any atom is 0.102 e. The molecule has 4 aliphatic carbocycles. The Bertz CT molecular complexity index is 214. The molecule has 4 bridgehead atoms. The molecule has 4 fully saturated rings. The minimum absolute atomic E-state index is 0.141. The van der Waals surface area contributed by atoms with Gasteiger partial charge >= 0.3 is 0 Å². The predicted molar refractivity (Wildman–Crippen MR) is 59.4 cm³/mol. The number of aliphatic hydroxyl groups excluding tert-OH is 1. The summed E-state index contributed by atoms with van der Waals surface area (Å²) in [6, 6.07) is 0. The van der Waals surface area contributed by atoms with Crippen LogP contribution in [0.25, 0.3) is 0 Å². The first-order chi connectivity index (χ1) is 7.15. The topological polar surface area (TPSA) is 36.8 Å². The molecule has 4 rings (SSSR count). The van der Waals surface area contributed by atoms with Gasteiger partial charge in [-0.25, -0.2) is 0 Å². The highest BCUT2D eigenvalue weighted by Crippen LogP contribution is 2.54. The smallest absolute Gasteiger partial charge is 0.102 e. The molecule has 0 aliphatic heterocycles. The highest BCUT2D eigenvalue weighted by Gasteiger charge is 2.53. The standard InChI is InChI=1S/C13H23NO/c1-9(15)8-14-13-5-10-2-11(6-13)4-12(3-10)7-13/h9-12,14-15H,2-8H2,1H3/p+1/t9-,10?,11?,12?,13?/m0/s1. The molecule has 3 N–H and O–H groups in total. The molecular formula is C13H24NO+. The summed E-state index contributed by atoms with van der Waals surface area (Å²) in [6.45, 7) is 2.82. The van der Waals surface area contributed by atoms with E-state index in [4.69, 9.17) is 0 Å². The molecule has 2 nitrogen and oxygen atoms in total. The normalized spacial score (nSPS) is 49.6. The SMILES string of the molecule is C[C@H](O)C[NH2+]C12CC3CC(CC(C3)C1)C2. The molecule has 0 saturated heterocycles. The van der Waals surface area contributed by atoms with Crippen molar-refractivity contribution in [2.45, 2.75) is 57.1 Å². The summed E-state index contributed by atoms with van der Waals surface area (Å²) >= 11 is 0. The lowest BCUT2D eigenvalue weighted by atomic mass is 9.53. The molecule has 0 amide bonds. The Hall–Kier alpha value is -0.0800. The molecule has 1 atom stereocenters. The van der Waals surface area contributed by atoms with Crippen molar-refractivity contribution < 1.29 is 10.4 Å². The number of hydrogen-bond acceptors (Lipinski definition) is 1. The zero-order valence-electron chi connectivity index (χ0n) is 9.78. The molecule has 15 heavy (non-hydrogen) atoms. The minimum atomic E-state index is -0.141. The number of aliphatic hydroxyl groups is 1. The summed E-state index contributed by atoms with van der Waals surface area (Å²) in [7, 11) is 0. The molecule has 4 saturated carbocycles. The molecule has 0 aromatic carbocycles. The number of nitrogens with two attached hydrogens (primary N) is 1. The minimum Gasteiger partial charge on any atom is -0.388 e. The van der Waals surface area contributed by atoms with Crippen LogP contribution in [-0.2, 0) is 0 Å². The van der Waals surface area contributed by atoms with Crippen molar-refractivity contribution in [3.05, 3.63) is 0 Å². The Morgan fingerprint density at radius 1 is 1.13 bits per heavy atom. The van der Waals surface area contributed by atoms with E-state index < -0.39 is 0 Å². The van der Waals surface area contributed by atoms with E-state index in [0.717, 1.165) is 24.3 Å². The Morgan fingerprint density at radius 2 is 1.60 bits per heavy atom. The van der Waals surface area contributed by atoms with E-state index in [0.29, 0.717) is 5.54 Å². The van der Waals surface area contributed by atoms with Gasteiger partial charge in [0.2, 0.25) is 0 Å². The first kappa shape index (κ1) is 10.1.